The summed E-state index contributed by atoms with van der Waals surface area (Å²) in [6, 6.07) is 0.409. The summed E-state index contributed by atoms with van der Waals surface area (Å²) in [7, 11) is 0. The molecule has 1 atom stereocenters. The van der Waals surface area contributed by atoms with Crippen molar-refractivity contribution >= 4 is 11.8 Å². The second-order valence-electron chi connectivity index (χ2n) is 5.21. The number of hydrogen-bond donors (Lipinski definition) is 4. The first-order valence-corrected chi connectivity index (χ1v) is 9.45. The maximum absolute atomic E-state index is 11.8. The van der Waals surface area contributed by atoms with Crippen molar-refractivity contribution in [2.24, 2.45) is 5.92 Å². The zero-order valence-corrected chi connectivity index (χ0v) is 17.2. The van der Waals surface area contributed by atoms with Crippen molar-refractivity contribution in [1.82, 2.24) is 21.3 Å². The van der Waals surface area contributed by atoms with E-state index in [0.29, 0.717) is 19.1 Å². The highest BCUT2D eigenvalue weighted by Gasteiger charge is 2.16. The van der Waals surface area contributed by atoms with Gasteiger partial charge in [-0.15, -0.1) is 0 Å². The topological polar surface area (TPSA) is 82.3 Å². The number of carbonyl (C=O) groups excluding carboxylic acids is 2. The van der Waals surface area contributed by atoms with Gasteiger partial charge in [0.05, 0.1) is 0 Å². The summed E-state index contributed by atoms with van der Waals surface area (Å²) in [5, 5.41) is 12.0. The monoisotopic (exact) mass is 346 g/mol. The molecule has 0 fully saturated rings. The standard InChI is InChI=1S/C14H30N4O2.2C2H6/c1-5-15-6-7-17-13(19)10-12(4)14(20)18-9-8-16-11(2)3;2*1-2/h11-12,15-16H,5-10H2,1-4H3,(H,17,19)(H,18,20);2*1-2H3. The van der Waals surface area contributed by atoms with Crippen molar-refractivity contribution in [3.63, 3.8) is 0 Å². The molecule has 0 aliphatic rings. The summed E-state index contributed by atoms with van der Waals surface area (Å²) in [6.07, 6.45) is 0.232. The molecule has 0 radical (unpaired) electrons. The fourth-order valence-corrected chi connectivity index (χ4v) is 1.63. The second kappa shape index (κ2) is 21.9. The van der Waals surface area contributed by atoms with Gasteiger partial charge < -0.3 is 21.3 Å². The van der Waals surface area contributed by atoms with Gasteiger partial charge in [-0.3, -0.25) is 9.59 Å². The van der Waals surface area contributed by atoms with Crippen molar-refractivity contribution < 1.29 is 9.59 Å². The van der Waals surface area contributed by atoms with E-state index in [1.807, 2.05) is 34.6 Å². The van der Waals surface area contributed by atoms with E-state index in [1.54, 1.807) is 6.92 Å². The third kappa shape index (κ3) is 20.9. The molecule has 0 aromatic carbocycles. The number of carbonyl (C=O) groups is 2. The molecule has 146 valence electrons. The van der Waals surface area contributed by atoms with E-state index >= 15 is 0 Å². The molecule has 0 bridgehead atoms. The lowest BCUT2D eigenvalue weighted by molar-refractivity contribution is -0.129. The molecule has 0 rings (SSSR count). The third-order valence-electron chi connectivity index (χ3n) is 2.79. The van der Waals surface area contributed by atoms with Crippen LogP contribution in [0.5, 0.6) is 0 Å². The summed E-state index contributed by atoms with van der Waals surface area (Å²) in [5.41, 5.74) is 0. The molecule has 0 saturated carbocycles. The molecule has 0 saturated heterocycles. The van der Waals surface area contributed by atoms with Gasteiger partial charge in [-0.1, -0.05) is 55.4 Å². The highest BCUT2D eigenvalue weighted by atomic mass is 16.2. The van der Waals surface area contributed by atoms with Gasteiger partial charge >= 0.3 is 0 Å². The highest BCUT2D eigenvalue weighted by Crippen LogP contribution is 2.01. The van der Waals surface area contributed by atoms with Gasteiger partial charge in [0.1, 0.15) is 0 Å². The van der Waals surface area contributed by atoms with Gasteiger partial charge in [-0.2, -0.15) is 0 Å². The summed E-state index contributed by atoms with van der Waals surface area (Å²) < 4.78 is 0. The Morgan fingerprint density at radius 1 is 0.833 bits per heavy atom. The van der Waals surface area contributed by atoms with E-state index in [1.165, 1.54) is 0 Å². The molecule has 2 amide bonds. The van der Waals surface area contributed by atoms with Crippen LogP contribution in [0.2, 0.25) is 0 Å². The molecule has 4 N–H and O–H groups in total. The van der Waals surface area contributed by atoms with Crippen LogP contribution in [0.4, 0.5) is 0 Å². The average molecular weight is 347 g/mol. The molecular formula is C18H42N4O2. The summed E-state index contributed by atoms with van der Waals surface area (Å²) in [5.74, 6) is -0.448. The SMILES string of the molecule is CC.CC.CCNCCNC(=O)CC(C)C(=O)NCCNC(C)C. The van der Waals surface area contributed by atoms with E-state index in [9.17, 15) is 9.59 Å². The zero-order chi connectivity index (χ0) is 19.4. The average Bonchev–Trinajstić information content (AvgIpc) is 2.58. The van der Waals surface area contributed by atoms with E-state index in [0.717, 1.165) is 19.6 Å². The predicted octanol–water partition coefficient (Wildman–Crippen LogP) is 1.90. The first-order valence-electron chi connectivity index (χ1n) is 9.45. The molecule has 0 aromatic heterocycles. The van der Waals surface area contributed by atoms with Gasteiger partial charge in [-0.05, 0) is 6.54 Å². The maximum Gasteiger partial charge on any atom is 0.223 e. The second-order valence-corrected chi connectivity index (χ2v) is 5.21. The molecule has 0 aliphatic carbocycles. The quantitative estimate of drug-likeness (QED) is 0.431. The Morgan fingerprint density at radius 3 is 1.88 bits per heavy atom. The van der Waals surface area contributed by atoms with E-state index < -0.39 is 0 Å². The van der Waals surface area contributed by atoms with Crippen molar-refractivity contribution in [2.45, 2.75) is 67.9 Å². The van der Waals surface area contributed by atoms with Gasteiger partial charge in [0.15, 0.2) is 0 Å². The summed E-state index contributed by atoms with van der Waals surface area (Å²) in [6.45, 7) is 19.5. The number of nitrogens with one attached hydrogen (secondary N) is 4. The van der Waals surface area contributed by atoms with Crippen molar-refractivity contribution in [2.75, 3.05) is 32.7 Å². The number of rotatable bonds is 11. The molecule has 1 unspecified atom stereocenters. The minimum absolute atomic E-state index is 0.0719. The Morgan fingerprint density at radius 2 is 1.38 bits per heavy atom. The first-order chi connectivity index (χ1) is 11.5. The fraction of sp³-hybridized carbons (Fsp3) is 0.889. The summed E-state index contributed by atoms with van der Waals surface area (Å²) in [4.78, 5) is 23.4. The lowest BCUT2D eigenvalue weighted by Gasteiger charge is -2.13. The number of amides is 2. The van der Waals surface area contributed by atoms with Gasteiger partial charge in [-0.25, -0.2) is 0 Å². The van der Waals surface area contributed by atoms with Crippen LogP contribution in [0.3, 0.4) is 0 Å². The van der Waals surface area contributed by atoms with Gasteiger partial charge in [0.2, 0.25) is 11.8 Å². The van der Waals surface area contributed by atoms with Crippen molar-refractivity contribution in [3.8, 4) is 0 Å². The first kappa shape index (κ1) is 27.7. The Balaban J connectivity index is -0.00000102. The van der Waals surface area contributed by atoms with Gasteiger partial charge in [0, 0.05) is 44.6 Å². The zero-order valence-electron chi connectivity index (χ0n) is 17.2. The largest absolute Gasteiger partial charge is 0.355 e. The molecule has 0 spiro atoms. The van der Waals surface area contributed by atoms with Crippen molar-refractivity contribution in [3.05, 3.63) is 0 Å². The Hall–Kier alpha value is -1.14. The van der Waals surface area contributed by atoms with Crippen LogP contribution in [0.1, 0.15) is 61.8 Å². The maximum atomic E-state index is 11.8. The van der Waals surface area contributed by atoms with E-state index in [-0.39, 0.29) is 24.2 Å². The molecule has 6 heteroatoms. The lowest BCUT2D eigenvalue weighted by atomic mass is 10.1. The molecule has 0 aromatic rings. The number of likely N-dealkylation sites (N-methyl/N-ethyl adjacent to an activating group) is 1. The smallest absolute Gasteiger partial charge is 0.223 e. The van der Waals surface area contributed by atoms with Crippen molar-refractivity contribution in [1.29, 1.82) is 0 Å². The van der Waals surface area contributed by atoms with Gasteiger partial charge in [0.25, 0.3) is 0 Å². The lowest BCUT2D eigenvalue weighted by Crippen LogP contribution is -2.39. The van der Waals surface area contributed by atoms with Crippen LogP contribution in [-0.4, -0.2) is 50.6 Å². The van der Waals surface area contributed by atoms with Crippen LogP contribution in [-0.2, 0) is 9.59 Å². The molecule has 24 heavy (non-hydrogen) atoms. The minimum Gasteiger partial charge on any atom is -0.355 e. The minimum atomic E-state index is -0.298. The fourth-order valence-electron chi connectivity index (χ4n) is 1.63. The van der Waals surface area contributed by atoms with Crippen LogP contribution in [0.25, 0.3) is 0 Å². The Kier molecular flexibility index (Phi) is 25.2. The van der Waals surface area contributed by atoms with E-state index in [4.69, 9.17) is 0 Å². The molecule has 6 nitrogen and oxygen atoms in total. The van der Waals surface area contributed by atoms with Crippen LogP contribution < -0.4 is 21.3 Å². The van der Waals surface area contributed by atoms with E-state index in [2.05, 4.69) is 35.1 Å². The summed E-state index contributed by atoms with van der Waals surface area (Å²) >= 11 is 0. The Labute approximate surface area is 149 Å². The van der Waals surface area contributed by atoms with Crippen LogP contribution >= 0.6 is 0 Å². The normalized spacial score (nSPS) is 10.7. The molecule has 0 heterocycles. The molecule has 0 aliphatic heterocycles. The van der Waals surface area contributed by atoms with Crippen LogP contribution in [0, 0.1) is 5.92 Å². The highest BCUT2D eigenvalue weighted by molar-refractivity contribution is 5.85. The Bertz CT molecular complexity index is 284. The molecular weight excluding hydrogens is 304 g/mol. The number of hydrogen-bond acceptors (Lipinski definition) is 4. The third-order valence-corrected chi connectivity index (χ3v) is 2.79. The van der Waals surface area contributed by atoms with Crippen LogP contribution in [0.15, 0.2) is 0 Å². The predicted molar refractivity (Wildman–Crippen MR) is 104 cm³/mol.